The van der Waals surface area contributed by atoms with E-state index in [9.17, 15) is 0 Å². The second-order valence-corrected chi connectivity index (χ2v) is 9.39. The third-order valence-corrected chi connectivity index (χ3v) is 6.23. The van der Waals surface area contributed by atoms with E-state index in [0.717, 1.165) is 13.1 Å². The summed E-state index contributed by atoms with van der Waals surface area (Å²) in [5, 5.41) is 3.27. The molecule has 30 heavy (non-hydrogen) atoms. The molecule has 0 aromatic rings. The first-order valence-electron chi connectivity index (χ1n) is 12.1. The summed E-state index contributed by atoms with van der Waals surface area (Å²) in [6.45, 7) is 15.0. The lowest BCUT2D eigenvalue weighted by atomic mass is 10.1. The maximum atomic E-state index is 3.27. The standard InChI is InChI=1S/C6H14N2.2C6H13N.C5H12N2.CH4/c1-7-3-5-8(2)6-4-7;2*1-7-5-3-2-4-6-7;1-7-4-2-6-3-5-7;/h3-6H2,1-2H3;2*2-6H2,1H3;6H,2-5H2,1H3;1H4. The first-order valence-corrected chi connectivity index (χ1v) is 12.1. The van der Waals surface area contributed by atoms with Gasteiger partial charge in [-0.3, -0.25) is 0 Å². The Morgan fingerprint density at radius 2 is 0.633 bits per heavy atom. The van der Waals surface area contributed by atoms with Crippen molar-refractivity contribution in [2.45, 2.75) is 46.0 Å². The molecule has 4 aliphatic rings. The molecular weight excluding hydrogens is 372 g/mol. The molecule has 0 bridgehead atoms. The molecule has 4 heterocycles. The van der Waals surface area contributed by atoms with Gasteiger partial charge in [0.05, 0.1) is 0 Å². The van der Waals surface area contributed by atoms with Crippen LogP contribution >= 0.6 is 0 Å². The average Bonchev–Trinajstić information content (AvgIpc) is 2.73. The monoisotopic (exact) mass is 428 g/mol. The summed E-state index contributed by atoms with van der Waals surface area (Å²) in [6, 6.07) is 0. The number of nitrogens with one attached hydrogen (secondary N) is 1. The molecule has 0 aliphatic carbocycles. The predicted octanol–water partition coefficient (Wildman–Crippen LogP) is 2.23. The van der Waals surface area contributed by atoms with E-state index in [-0.39, 0.29) is 7.43 Å². The molecule has 4 aliphatic heterocycles. The topological polar surface area (TPSA) is 28.2 Å². The Labute approximate surface area is 189 Å². The van der Waals surface area contributed by atoms with Crippen molar-refractivity contribution < 1.29 is 0 Å². The van der Waals surface area contributed by atoms with Gasteiger partial charge in [0.1, 0.15) is 0 Å². The first-order chi connectivity index (χ1) is 14.0. The Balaban J connectivity index is 0.000000370. The van der Waals surface area contributed by atoms with Gasteiger partial charge in [0.25, 0.3) is 0 Å². The molecule has 0 unspecified atom stereocenters. The van der Waals surface area contributed by atoms with Crippen molar-refractivity contribution in [1.29, 1.82) is 0 Å². The number of piperazine rings is 2. The molecule has 0 saturated carbocycles. The van der Waals surface area contributed by atoms with E-state index in [4.69, 9.17) is 0 Å². The lowest BCUT2D eigenvalue weighted by Gasteiger charge is -2.28. The van der Waals surface area contributed by atoms with Gasteiger partial charge in [-0.15, -0.1) is 0 Å². The van der Waals surface area contributed by atoms with Gasteiger partial charge in [0, 0.05) is 52.4 Å². The minimum atomic E-state index is 0. The molecule has 6 nitrogen and oxygen atoms in total. The molecule has 182 valence electrons. The summed E-state index contributed by atoms with van der Waals surface area (Å²) in [4.78, 5) is 11.8. The summed E-state index contributed by atoms with van der Waals surface area (Å²) in [7, 11) is 10.9. The summed E-state index contributed by atoms with van der Waals surface area (Å²) in [5.41, 5.74) is 0. The zero-order valence-corrected chi connectivity index (χ0v) is 20.5. The van der Waals surface area contributed by atoms with E-state index < -0.39 is 0 Å². The lowest BCUT2D eigenvalue weighted by molar-refractivity contribution is 0.181. The maximum absolute atomic E-state index is 3.27. The fourth-order valence-corrected chi connectivity index (χ4v) is 3.79. The zero-order valence-electron chi connectivity index (χ0n) is 20.5. The van der Waals surface area contributed by atoms with Crippen molar-refractivity contribution >= 4 is 0 Å². The maximum Gasteiger partial charge on any atom is 0.0107 e. The van der Waals surface area contributed by atoms with E-state index in [1.165, 1.54) is 104 Å². The third-order valence-electron chi connectivity index (χ3n) is 6.23. The van der Waals surface area contributed by atoms with E-state index in [1.807, 2.05) is 0 Å². The zero-order chi connectivity index (χ0) is 21.3. The summed E-state index contributed by atoms with van der Waals surface area (Å²) in [6.07, 6.45) is 8.55. The van der Waals surface area contributed by atoms with Gasteiger partial charge in [0.15, 0.2) is 0 Å². The van der Waals surface area contributed by atoms with E-state index in [0.29, 0.717) is 0 Å². The number of piperidine rings is 2. The van der Waals surface area contributed by atoms with Gasteiger partial charge in [-0.1, -0.05) is 20.3 Å². The fraction of sp³-hybridized carbons (Fsp3) is 1.00. The van der Waals surface area contributed by atoms with Crippen LogP contribution in [0.1, 0.15) is 46.0 Å². The SMILES string of the molecule is C.CN1CCCCC1.CN1CCCCC1.CN1CCN(C)CC1.CN1CCNCC1. The van der Waals surface area contributed by atoms with Crippen LogP contribution in [-0.4, -0.2) is 138 Å². The van der Waals surface area contributed by atoms with Gasteiger partial charge < -0.3 is 29.8 Å². The van der Waals surface area contributed by atoms with Crippen molar-refractivity contribution in [1.82, 2.24) is 29.8 Å². The van der Waals surface area contributed by atoms with Crippen LogP contribution in [-0.2, 0) is 0 Å². The summed E-state index contributed by atoms with van der Waals surface area (Å²) in [5.74, 6) is 0. The van der Waals surface area contributed by atoms with Crippen molar-refractivity contribution in [3.05, 3.63) is 0 Å². The molecule has 1 N–H and O–H groups in total. The normalized spacial score (nSPS) is 24.7. The number of rotatable bonds is 0. The second-order valence-electron chi connectivity index (χ2n) is 9.39. The highest BCUT2D eigenvalue weighted by molar-refractivity contribution is 4.64. The molecule has 6 heteroatoms. The van der Waals surface area contributed by atoms with Crippen LogP contribution in [0.3, 0.4) is 0 Å². The Hall–Kier alpha value is -0.240. The van der Waals surface area contributed by atoms with Crippen LogP contribution in [0.2, 0.25) is 0 Å². The number of likely N-dealkylation sites (tertiary alicyclic amines) is 2. The van der Waals surface area contributed by atoms with E-state index in [1.54, 1.807) is 0 Å². The Morgan fingerprint density at radius 3 is 0.833 bits per heavy atom. The molecule has 0 spiro atoms. The minimum absolute atomic E-state index is 0. The van der Waals surface area contributed by atoms with Crippen LogP contribution < -0.4 is 5.32 Å². The van der Waals surface area contributed by atoms with Crippen molar-refractivity contribution in [3.8, 4) is 0 Å². The molecular formula is C24H56N6. The molecule has 4 rings (SSSR count). The minimum Gasteiger partial charge on any atom is -0.314 e. The van der Waals surface area contributed by atoms with Gasteiger partial charge in [0.2, 0.25) is 0 Å². The average molecular weight is 429 g/mol. The van der Waals surface area contributed by atoms with E-state index in [2.05, 4.69) is 65.1 Å². The van der Waals surface area contributed by atoms with Crippen molar-refractivity contribution in [2.75, 3.05) is 114 Å². The highest BCUT2D eigenvalue weighted by Gasteiger charge is 2.08. The molecule has 0 radical (unpaired) electrons. The molecule has 0 amide bonds. The van der Waals surface area contributed by atoms with Crippen LogP contribution in [0.5, 0.6) is 0 Å². The molecule has 4 fully saturated rings. The molecule has 0 aromatic heterocycles. The van der Waals surface area contributed by atoms with Crippen LogP contribution in [0.25, 0.3) is 0 Å². The Kier molecular flexibility index (Phi) is 19.3. The quantitative estimate of drug-likeness (QED) is 0.636. The van der Waals surface area contributed by atoms with Crippen LogP contribution in [0, 0.1) is 0 Å². The van der Waals surface area contributed by atoms with E-state index >= 15 is 0 Å². The number of hydrogen-bond donors (Lipinski definition) is 1. The van der Waals surface area contributed by atoms with Crippen molar-refractivity contribution in [2.24, 2.45) is 0 Å². The highest BCUT2D eigenvalue weighted by Crippen LogP contribution is 2.05. The molecule has 0 aromatic carbocycles. The summed E-state index contributed by atoms with van der Waals surface area (Å²) < 4.78 is 0. The Morgan fingerprint density at radius 1 is 0.367 bits per heavy atom. The lowest BCUT2D eigenvalue weighted by Crippen LogP contribution is -2.42. The van der Waals surface area contributed by atoms with Gasteiger partial charge in [-0.05, 0) is 87.1 Å². The molecule has 0 atom stereocenters. The van der Waals surface area contributed by atoms with Gasteiger partial charge in [-0.25, -0.2) is 0 Å². The molecule has 4 saturated heterocycles. The summed E-state index contributed by atoms with van der Waals surface area (Å²) >= 11 is 0. The number of nitrogens with zero attached hydrogens (tertiary/aromatic N) is 5. The van der Waals surface area contributed by atoms with Gasteiger partial charge in [-0.2, -0.15) is 0 Å². The second kappa shape index (κ2) is 19.4. The third kappa shape index (κ3) is 17.4. The largest absolute Gasteiger partial charge is 0.314 e. The first kappa shape index (κ1) is 29.8. The van der Waals surface area contributed by atoms with Gasteiger partial charge >= 0.3 is 0 Å². The van der Waals surface area contributed by atoms with Crippen molar-refractivity contribution in [3.63, 3.8) is 0 Å². The Bertz CT molecular complexity index is 294. The number of likely N-dealkylation sites (N-methyl/N-ethyl adjacent to an activating group) is 3. The highest BCUT2D eigenvalue weighted by atomic mass is 15.2. The smallest absolute Gasteiger partial charge is 0.0107 e. The fourth-order valence-electron chi connectivity index (χ4n) is 3.79. The predicted molar refractivity (Wildman–Crippen MR) is 135 cm³/mol. The number of hydrogen-bond acceptors (Lipinski definition) is 6. The van der Waals surface area contributed by atoms with Crippen LogP contribution in [0.15, 0.2) is 0 Å². The van der Waals surface area contributed by atoms with Crippen LogP contribution in [0.4, 0.5) is 0 Å².